The topological polar surface area (TPSA) is 52.0 Å². The molecule has 0 saturated heterocycles. The van der Waals surface area contributed by atoms with E-state index in [1.165, 1.54) is 5.56 Å². The first-order valence-electron chi connectivity index (χ1n) is 6.01. The van der Waals surface area contributed by atoms with Crippen LogP contribution in [0.2, 0.25) is 0 Å². The van der Waals surface area contributed by atoms with Gasteiger partial charge in [0.25, 0.3) is 0 Å². The molecule has 0 aliphatic rings. The molecule has 5 nitrogen and oxygen atoms in total. The van der Waals surface area contributed by atoms with Crippen LogP contribution in [0.1, 0.15) is 18.2 Å². The fourth-order valence-electron chi connectivity index (χ4n) is 1.79. The number of anilines is 1. The highest BCUT2D eigenvalue weighted by molar-refractivity contribution is 5.52. The minimum absolute atomic E-state index is 0.609. The van der Waals surface area contributed by atoms with Crippen molar-refractivity contribution in [2.75, 3.05) is 11.9 Å². The van der Waals surface area contributed by atoms with E-state index >= 15 is 0 Å². The standard InChI is InChI=1S/C13H18N4O/c1-4-18-13-12(6-5-7-14-13)15-8-11-9-17(3)16-10(11)2/h5-7,9,15H,4,8H2,1-3H3. The lowest BCUT2D eigenvalue weighted by Gasteiger charge is -2.10. The van der Waals surface area contributed by atoms with Gasteiger partial charge in [-0.3, -0.25) is 4.68 Å². The summed E-state index contributed by atoms with van der Waals surface area (Å²) in [5.41, 5.74) is 3.11. The molecular weight excluding hydrogens is 228 g/mol. The molecule has 2 rings (SSSR count). The van der Waals surface area contributed by atoms with E-state index in [0.29, 0.717) is 19.0 Å². The predicted octanol–water partition coefficient (Wildman–Crippen LogP) is 2.13. The quantitative estimate of drug-likeness (QED) is 0.878. The molecule has 0 aromatic carbocycles. The Kier molecular flexibility index (Phi) is 3.82. The Labute approximate surface area is 107 Å². The number of pyridine rings is 1. The van der Waals surface area contributed by atoms with E-state index in [4.69, 9.17) is 4.74 Å². The fourth-order valence-corrected chi connectivity index (χ4v) is 1.79. The number of hydrogen-bond donors (Lipinski definition) is 1. The number of nitrogens with zero attached hydrogens (tertiary/aromatic N) is 3. The molecule has 0 aliphatic heterocycles. The van der Waals surface area contributed by atoms with Crippen LogP contribution in [0.3, 0.4) is 0 Å². The summed E-state index contributed by atoms with van der Waals surface area (Å²) < 4.78 is 7.28. The maximum atomic E-state index is 5.47. The van der Waals surface area contributed by atoms with Crippen molar-refractivity contribution in [1.82, 2.24) is 14.8 Å². The Morgan fingerprint density at radius 2 is 2.28 bits per heavy atom. The van der Waals surface area contributed by atoms with Gasteiger partial charge < -0.3 is 10.1 Å². The number of ether oxygens (including phenoxy) is 1. The van der Waals surface area contributed by atoms with Crippen LogP contribution in [-0.2, 0) is 13.6 Å². The molecule has 2 aromatic rings. The molecule has 2 aromatic heterocycles. The van der Waals surface area contributed by atoms with Gasteiger partial charge in [-0.15, -0.1) is 0 Å². The normalized spacial score (nSPS) is 10.4. The highest BCUT2D eigenvalue weighted by atomic mass is 16.5. The number of aryl methyl sites for hydroxylation is 2. The van der Waals surface area contributed by atoms with Crippen LogP contribution in [0.25, 0.3) is 0 Å². The summed E-state index contributed by atoms with van der Waals surface area (Å²) in [6.45, 7) is 5.27. The van der Waals surface area contributed by atoms with E-state index < -0.39 is 0 Å². The van der Waals surface area contributed by atoms with E-state index in [2.05, 4.69) is 15.4 Å². The van der Waals surface area contributed by atoms with Crippen LogP contribution in [0, 0.1) is 6.92 Å². The van der Waals surface area contributed by atoms with Gasteiger partial charge in [0.1, 0.15) is 0 Å². The Hall–Kier alpha value is -2.04. The third kappa shape index (κ3) is 2.80. The first kappa shape index (κ1) is 12.4. The maximum Gasteiger partial charge on any atom is 0.237 e. The van der Waals surface area contributed by atoms with E-state index in [0.717, 1.165) is 11.4 Å². The minimum atomic E-state index is 0.609. The lowest BCUT2D eigenvalue weighted by molar-refractivity contribution is 0.328. The second-order valence-electron chi connectivity index (χ2n) is 4.06. The lowest BCUT2D eigenvalue weighted by atomic mass is 10.2. The summed E-state index contributed by atoms with van der Waals surface area (Å²) in [6, 6.07) is 3.85. The van der Waals surface area contributed by atoms with Gasteiger partial charge in [0.15, 0.2) is 0 Å². The Morgan fingerprint density at radius 3 is 2.94 bits per heavy atom. The molecule has 0 spiro atoms. The molecule has 1 N–H and O–H groups in total. The Balaban J connectivity index is 2.08. The molecule has 0 aliphatic carbocycles. The van der Waals surface area contributed by atoms with Crippen LogP contribution in [0.4, 0.5) is 5.69 Å². The van der Waals surface area contributed by atoms with Crippen molar-refractivity contribution in [2.45, 2.75) is 20.4 Å². The van der Waals surface area contributed by atoms with Crippen LogP contribution in [0.5, 0.6) is 5.88 Å². The first-order chi connectivity index (χ1) is 8.70. The molecule has 0 radical (unpaired) electrons. The van der Waals surface area contributed by atoms with Gasteiger partial charge in [-0.1, -0.05) is 0 Å². The molecule has 0 atom stereocenters. The molecule has 18 heavy (non-hydrogen) atoms. The molecule has 0 saturated carbocycles. The van der Waals surface area contributed by atoms with Gasteiger partial charge in [0.05, 0.1) is 18.0 Å². The molecular formula is C13H18N4O. The third-order valence-electron chi connectivity index (χ3n) is 2.64. The van der Waals surface area contributed by atoms with Crippen molar-refractivity contribution in [3.63, 3.8) is 0 Å². The highest BCUT2D eigenvalue weighted by Gasteiger charge is 2.06. The zero-order valence-corrected chi connectivity index (χ0v) is 11.0. The van der Waals surface area contributed by atoms with Gasteiger partial charge >= 0.3 is 0 Å². The Morgan fingerprint density at radius 1 is 1.44 bits per heavy atom. The molecule has 5 heteroatoms. The Bertz CT molecular complexity index is 521. The summed E-state index contributed by atoms with van der Waals surface area (Å²) in [5.74, 6) is 0.640. The number of hydrogen-bond acceptors (Lipinski definition) is 4. The summed E-state index contributed by atoms with van der Waals surface area (Å²) >= 11 is 0. The molecule has 0 amide bonds. The van der Waals surface area contributed by atoms with E-state index in [9.17, 15) is 0 Å². The van der Waals surface area contributed by atoms with Crippen LogP contribution < -0.4 is 10.1 Å². The fraction of sp³-hybridized carbons (Fsp3) is 0.385. The maximum absolute atomic E-state index is 5.47. The molecule has 0 unspecified atom stereocenters. The second kappa shape index (κ2) is 5.53. The third-order valence-corrected chi connectivity index (χ3v) is 2.64. The smallest absolute Gasteiger partial charge is 0.237 e. The van der Waals surface area contributed by atoms with E-state index in [-0.39, 0.29) is 0 Å². The zero-order valence-electron chi connectivity index (χ0n) is 11.0. The van der Waals surface area contributed by atoms with Gasteiger partial charge in [-0.25, -0.2) is 4.98 Å². The van der Waals surface area contributed by atoms with Crippen molar-refractivity contribution >= 4 is 5.69 Å². The molecule has 0 fully saturated rings. The van der Waals surface area contributed by atoms with Gasteiger partial charge in [0.2, 0.25) is 5.88 Å². The summed E-state index contributed by atoms with van der Waals surface area (Å²) in [7, 11) is 1.92. The van der Waals surface area contributed by atoms with Gasteiger partial charge in [-0.2, -0.15) is 5.10 Å². The number of aromatic nitrogens is 3. The molecule has 2 heterocycles. The van der Waals surface area contributed by atoms with E-state index in [1.807, 2.05) is 43.9 Å². The van der Waals surface area contributed by atoms with Crippen molar-refractivity contribution in [2.24, 2.45) is 7.05 Å². The van der Waals surface area contributed by atoms with Crippen LogP contribution in [-0.4, -0.2) is 21.4 Å². The average Bonchev–Trinajstić information content (AvgIpc) is 2.67. The first-order valence-corrected chi connectivity index (χ1v) is 6.01. The van der Waals surface area contributed by atoms with E-state index in [1.54, 1.807) is 6.20 Å². The summed E-state index contributed by atoms with van der Waals surface area (Å²) in [4.78, 5) is 4.20. The predicted molar refractivity (Wildman–Crippen MR) is 70.7 cm³/mol. The van der Waals surface area contributed by atoms with Crippen molar-refractivity contribution in [3.05, 3.63) is 35.8 Å². The van der Waals surface area contributed by atoms with Crippen molar-refractivity contribution in [1.29, 1.82) is 0 Å². The molecule has 96 valence electrons. The number of nitrogens with one attached hydrogen (secondary N) is 1. The van der Waals surface area contributed by atoms with Gasteiger partial charge in [0, 0.05) is 31.5 Å². The SMILES string of the molecule is CCOc1ncccc1NCc1cn(C)nc1C. The van der Waals surface area contributed by atoms with Crippen molar-refractivity contribution in [3.8, 4) is 5.88 Å². The van der Waals surface area contributed by atoms with Gasteiger partial charge in [-0.05, 0) is 26.0 Å². The summed E-state index contributed by atoms with van der Waals surface area (Å²) in [6.07, 6.45) is 3.74. The summed E-state index contributed by atoms with van der Waals surface area (Å²) in [5, 5.41) is 7.64. The minimum Gasteiger partial charge on any atom is -0.476 e. The van der Waals surface area contributed by atoms with Crippen LogP contribution >= 0.6 is 0 Å². The largest absolute Gasteiger partial charge is 0.476 e. The lowest BCUT2D eigenvalue weighted by Crippen LogP contribution is -2.04. The second-order valence-corrected chi connectivity index (χ2v) is 4.06. The number of rotatable bonds is 5. The monoisotopic (exact) mass is 246 g/mol. The highest BCUT2D eigenvalue weighted by Crippen LogP contribution is 2.21. The van der Waals surface area contributed by atoms with Crippen molar-refractivity contribution < 1.29 is 4.74 Å². The molecule has 0 bridgehead atoms. The average molecular weight is 246 g/mol. The zero-order chi connectivity index (χ0) is 13.0. The van der Waals surface area contributed by atoms with Crippen LogP contribution in [0.15, 0.2) is 24.5 Å².